The van der Waals surface area contributed by atoms with Gasteiger partial charge in [0.25, 0.3) is 5.91 Å². The number of aliphatic imine (C=N–C) groups is 1. The number of imidazole rings is 1. The summed E-state index contributed by atoms with van der Waals surface area (Å²) < 4.78 is 0. The molecule has 0 saturated carbocycles. The van der Waals surface area contributed by atoms with Crippen LogP contribution in [0.2, 0.25) is 0 Å². The summed E-state index contributed by atoms with van der Waals surface area (Å²) in [6, 6.07) is 21.7. The Balaban J connectivity index is 1.60. The Labute approximate surface area is 174 Å². The van der Waals surface area contributed by atoms with Gasteiger partial charge < -0.3 is 4.98 Å². The molecule has 0 aliphatic carbocycles. The van der Waals surface area contributed by atoms with Gasteiger partial charge in [0.1, 0.15) is 0 Å². The predicted molar refractivity (Wildman–Crippen MR) is 120 cm³/mol. The monoisotopic (exact) mass is 392 g/mol. The molecule has 0 radical (unpaired) electrons. The van der Waals surface area contributed by atoms with Crippen molar-refractivity contribution in [2.45, 2.75) is 12.8 Å². The molecule has 1 aliphatic heterocycles. The lowest BCUT2D eigenvalue weighted by molar-refractivity contribution is 0.0995. The van der Waals surface area contributed by atoms with E-state index >= 15 is 0 Å². The van der Waals surface area contributed by atoms with Gasteiger partial charge in [0, 0.05) is 41.1 Å². The van der Waals surface area contributed by atoms with Gasteiger partial charge in [-0.3, -0.25) is 14.7 Å². The fourth-order valence-electron chi connectivity index (χ4n) is 3.85. The van der Waals surface area contributed by atoms with E-state index in [0.29, 0.717) is 12.0 Å². The second-order valence-corrected chi connectivity index (χ2v) is 7.20. The van der Waals surface area contributed by atoms with E-state index in [1.54, 1.807) is 17.4 Å². The number of fused-ring (bicyclic) bond motifs is 2. The molecule has 0 unspecified atom stereocenters. The molecule has 1 aliphatic rings. The summed E-state index contributed by atoms with van der Waals surface area (Å²) in [7, 11) is 0. The molecule has 0 bridgehead atoms. The first kappa shape index (κ1) is 18.1. The topological polar surface area (TPSA) is 61.4 Å². The Morgan fingerprint density at radius 3 is 2.67 bits per heavy atom. The number of carbonyl (C=O) groups excluding carboxylic acids is 1. The summed E-state index contributed by atoms with van der Waals surface area (Å²) in [6.45, 7) is 0. The smallest absolute Gasteiger partial charge is 0.263 e. The molecule has 1 N–H and O–H groups in total. The maximum atomic E-state index is 13.9. The van der Waals surface area contributed by atoms with Gasteiger partial charge in [-0.15, -0.1) is 0 Å². The standard InChI is InChI=1S/C25H20N4O/c30-25(23-10-5-8-18-6-1-3-9-22(18)23)29-21(13-12-20-15-27-17-28-20)16-26-14-19-7-2-4-11-24(19)29/h1-11,14-17H,12-13H2,(H,27,28). The summed E-state index contributed by atoms with van der Waals surface area (Å²) in [5.74, 6) is -0.0550. The zero-order chi connectivity index (χ0) is 20.3. The minimum absolute atomic E-state index is 0.0550. The molecule has 5 nitrogen and oxygen atoms in total. The third-order valence-corrected chi connectivity index (χ3v) is 5.33. The van der Waals surface area contributed by atoms with E-state index in [9.17, 15) is 4.79 Å². The number of aromatic nitrogens is 2. The van der Waals surface area contributed by atoms with Gasteiger partial charge in [-0.25, -0.2) is 4.98 Å². The van der Waals surface area contributed by atoms with Crippen molar-refractivity contribution in [3.8, 4) is 0 Å². The number of hydrogen-bond acceptors (Lipinski definition) is 3. The van der Waals surface area contributed by atoms with E-state index in [1.165, 1.54) is 0 Å². The molecule has 5 heteroatoms. The Kier molecular flexibility index (Phi) is 4.69. The van der Waals surface area contributed by atoms with E-state index < -0.39 is 0 Å². The fraction of sp³-hybridized carbons (Fsp3) is 0.0800. The van der Waals surface area contributed by atoms with Crippen molar-refractivity contribution in [2.24, 2.45) is 4.99 Å². The third kappa shape index (κ3) is 3.31. The number of nitrogens with one attached hydrogen (secondary N) is 1. The normalized spacial score (nSPS) is 13.1. The van der Waals surface area contributed by atoms with E-state index in [4.69, 9.17) is 0 Å². The van der Waals surface area contributed by atoms with E-state index in [0.717, 1.165) is 39.8 Å². The number of allylic oxidation sites excluding steroid dienone is 1. The Morgan fingerprint density at radius 1 is 0.933 bits per heavy atom. The lowest BCUT2D eigenvalue weighted by Crippen LogP contribution is -2.31. The van der Waals surface area contributed by atoms with Crippen molar-refractivity contribution >= 4 is 28.6 Å². The van der Waals surface area contributed by atoms with Crippen molar-refractivity contribution in [2.75, 3.05) is 4.90 Å². The summed E-state index contributed by atoms with van der Waals surface area (Å²) in [6.07, 6.45) is 8.48. The Bertz CT molecular complexity index is 1270. The van der Waals surface area contributed by atoms with Crippen molar-refractivity contribution in [1.29, 1.82) is 0 Å². The van der Waals surface area contributed by atoms with Gasteiger partial charge in [-0.05, 0) is 35.7 Å². The first-order valence-corrected chi connectivity index (χ1v) is 9.92. The summed E-state index contributed by atoms with van der Waals surface area (Å²) in [5.41, 5.74) is 4.31. The molecule has 4 aromatic rings. The molecule has 5 rings (SSSR count). The van der Waals surface area contributed by atoms with Crippen LogP contribution >= 0.6 is 0 Å². The average Bonchev–Trinajstić information content (AvgIpc) is 3.24. The molecule has 3 aromatic carbocycles. The quantitative estimate of drug-likeness (QED) is 0.524. The van der Waals surface area contributed by atoms with Crippen LogP contribution in [0.25, 0.3) is 10.8 Å². The van der Waals surface area contributed by atoms with Crippen LogP contribution in [-0.2, 0) is 6.42 Å². The molecular weight excluding hydrogens is 372 g/mol. The molecule has 0 fully saturated rings. The number of carbonyl (C=O) groups is 1. The van der Waals surface area contributed by atoms with Gasteiger partial charge in [-0.2, -0.15) is 0 Å². The molecule has 0 spiro atoms. The molecule has 0 atom stereocenters. The zero-order valence-corrected chi connectivity index (χ0v) is 16.3. The predicted octanol–water partition coefficient (Wildman–Crippen LogP) is 5.12. The SMILES string of the molecule is O=C(c1cccc2ccccc12)N1C(CCc2cnc[nH]2)=CN=Cc2ccccc21. The van der Waals surface area contributed by atoms with Crippen LogP contribution in [0.1, 0.15) is 28.0 Å². The number of aromatic amines is 1. The second kappa shape index (κ2) is 7.79. The highest BCUT2D eigenvalue weighted by Gasteiger charge is 2.26. The third-order valence-electron chi connectivity index (χ3n) is 5.33. The first-order chi connectivity index (χ1) is 14.8. The first-order valence-electron chi connectivity index (χ1n) is 9.92. The van der Waals surface area contributed by atoms with Crippen LogP contribution in [0.15, 0.2) is 96.1 Å². The second-order valence-electron chi connectivity index (χ2n) is 7.20. The Morgan fingerprint density at radius 2 is 1.77 bits per heavy atom. The van der Waals surface area contributed by atoms with Crippen LogP contribution in [0.3, 0.4) is 0 Å². The minimum atomic E-state index is -0.0550. The lowest BCUT2D eigenvalue weighted by atomic mass is 10.0. The molecule has 0 saturated heterocycles. The number of aryl methyl sites for hydroxylation is 1. The largest absolute Gasteiger partial charge is 0.348 e. The van der Waals surface area contributed by atoms with Crippen LogP contribution in [-0.4, -0.2) is 22.1 Å². The number of amides is 1. The van der Waals surface area contributed by atoms with E-state index in [2.05, 4.69) is 15.0 Å². The van der Waals surface area contributed by atoms with Gasteiger partial charge >= 0.3 is 0 Å². The number of rotatable bonds is 4. The average molecular weight is 392 g/mol. The number of hydrogen-bond donors (Lipinski definition) is 1. The summed E-state index contributed by atoms with van der Waals surface area (Å²) >= 11 is 0. The van der Waals surface area contributed by atoms with E-state index in [1.807, 2.05) is 79.1 Å². The van der Waals surface area contributed by atoms with Gasteiger partial charge in [0.2, 0.25) is 0 Å². The van der Waals surface area contributed by atoms with Gasteiger partial charge in [0.15, 0.2) is 0 Å². The molecule has 1 amide bonds. The van der Waals surface area contributed by atoms with Crippen molar-refractivity contribution in [1.82, 2.24) is 9.97 Å². The highest BCUT2D eigenvalue weighted by atomic mass is 16.2. The van der Waals surface area contributed by atoms with Crippen LogP contribution in [0, 0.1) is 0 Å². The van der Waals surface area contributed by atoms with Crippen LogP contribution < -0.4 is 4.90 Å². The number of nitrogens with zero attached hydrogens (tertiary/aromatic N) is 3. The number of para-hydroxylation sites is 1. The molecular formula is C25H20N4O. The maximum Gasteiger partial charge on any atom is 0.263 e. The zero-order valence-electron chi connectivity index (χ0n) is 16.3. The highest BCUT2D eigenvalue weighted by Crippen LogP contribution is 2.31. The summed E-state index contributed by atoms with van der Waals surface area (Å²) in [4.78, 5) is 27.4. The van der Waals surface area contributed by atoms with Gasteiger partial charge in [-0.1, -0.05) is 54.6 Å². The van der Waals surface area contributed by atoms with Crippen LogP contribution in [0.4, 0.5) is 5.69 Å². The molecule has 30 heavy (non-hydrogen) atoms. The van der Waals surface area contributed by atoms with Gasteiger partial charge in [0.05, 0.1) is 12.0 Å². The van der Waals surface area contributed by atoms with Crippen molar-refractivity contribution in [3.05, 3.63) is 108 Å². The fourth-order valence-corrected chi connectivity index (χ4v) is 3.85. The molecule has 146 valence electrons. The van der Waals surface area contributed by atoms with Crippen molar-refractivity contribution < 1.29 is 4.79 Å². The summed E-state index contributed by atoms with van der Waals surface area (Å²) in [5, 5.41) is 1.99. The molecule has 1 aromatic heterocycles. The van der Waals surface area contributed by atoms with E-state index in [-0.39, 0.29) is 5.91 Å². The number of H-pyrrole nitrogens is 1. The number of anilines is 1. The van der Waals surface area contributed by atoms with Crippen molar-refractivity contribution in [3.63, 3.8) is 0 Å². The minimum Gasteiger partial charge on any atom is -0.348 e. The van der Waals surface area contributed by atoms with Crippen LogP contribution in [0.5, 0.6) is 0 Å². The highest BCUT2D eigenvalue weighted by molar-refractivity contribution is 6.16. The maximum absolute atomic E-state index is 13.9. The lowest BCUT2D eigenvalue weighted by Gasteiger charge is -2.26. The molecule has 2 heterocycles. The number of benzene rings is 3. The Hall–Kier alpha value is -3.99.